The molecule has 0 fully saturated rings. The Hall–Kier alpha value is -1.81. The van der Waals surface area contributed by atoms with Crippen LogP contribution in [0, 0.1) is 0 Å². The van der Waals surface area contributed by atoms with Crippen LogP contribution in [0.2, 0.25) is 0 Å². The first kappa shape index (κ1) is 19.5. The summed E-state index contributed by atoms with van der Waals surface area (Å²) >= 11 is 0. The molecule has 0 heterocycles. The van der Waals surface area contributed by atoms with Crippen molar-refractivity contribution >= 4 is 7.60 Å². The monoisotopic (exact) mass is 364 g/mol. The van der Waals surface area contributed by atoms with E-state index in [0.29, 0.717) is 24.7 Å². The van der Waals surface area contributed by atoms with Crippen LogP contribution >= 0.6 is 7.60 Å². The van der Waals surface area contributed by atoms with E-state index in [2.05, 4.69) is 0 Å². The second-order valence-corrected chi connectivity index (χ2v) is 7.44. The molecule has 0 atom stereocenters. The standard InChI is InChI=1S/C19H25O5P/c1-5-23-25(20,24-6-2)19(15-9-7-11-17(13-15)21-3)16-10-8-12-18(14-16)22-4/h7-14,19H,5-6H2,1-4H3. The maximum absolute atomic E-state index is 13.6. The number of ether oxygens (including phenoxy) is 2. The lowest BCUT2D eigenvalue weighted by Gasteiger charge is -2.27. The zero-order valence-corrected chi connectivity index (χ0v) is 16.0. The fourth-order valence-corrected chi connectivity index (χ4v) is 4.87. The molecule has 136 valence electrons. The Morgan fingerprint density at radius 1 is 0.840 bits per heavy atom. The number of benzene rings is 2. The second kappa shape index (κ2) is 9.04. The van der Waals surface area contributed by atoms with Crippen LogP contribution in [0.15, 0.2) is 48.5 Å². The Labute approximate surface area is 149 Å². The van der Waals surface area contributed by atoms with Crippen LogP contribution in [0.1, 0.15) is 30.6 Å². The van der Waals surface area contributed by atoms with Crippen LogP contribution in [0.25, 0.3) is 0 Å². The van der Waals surface area contributed by atoms with Crippen molar-refractivity contribution in [3.8, 4) is 11.5 Å². The van der Waals surface area contributed by atoms with Gasteiger partial charge in [-0.1, -0.05) is 24.3 Å². The zero-order valence-electron chi connectivity index (χ0n) is 15.1. The van der Waals surface area contributed by atoms with Gasteiger partial charge in [0.25, 0.3) is 0 Å². The quantitative estimate of drug-likeness (QED) is 0.582. The minimum absolute atomic E-state index is 0.293. The van der Waals surface area contributed by atoms with Crippen molar-refractivity contribution in [2.75, 3.05) is 27.4 Å². The summed E-state index contributed by atoms with van der Waals surface area (Å²) in [7, 11) is -0.242. The topological polar surface area (TPSA) is 54.0 Å². The van der Waals surface area contributed by atoms with Gasteiger partial charge in [-0.15, -0.1) is 0 Å². The Bertz CT molecular complexity index is 674. The van der Waals surface area contributed by atoms with Gasteiger partial charge in [0.05, 0.1) is 27.4 Å². The van der Waals surface area contributed by atoms with Crippen molar-refractivity contribution in [3.63, 3.8) is 0 Å². The first-order valence-electron chi connectivity index (χ1n) is 8.24. The molecule has 0 amide bonds. The molecule has 0 aliphatic rings. The highest BCUT2D eigenvalue weighted by atomic mass is 31.2. The summed E-state index contributed by atoms with van der Waals surface area (Å²) in [5.41, 5.74) is 1.04. The van der Waals surface area contributed by atoms with Crippen LogP contribution in [0.4, 0.5) is 0 Å². The van der Waals surface area contributed by atoms with Crippen LogP contribution in [0.3, 0.4) is 0 Å². The van der Waals surface area contributed by atoms with Crippen molar-refractivity contribution in [1.82, 2.24) is 0 Å². The Kier molecular flexibility index (Phi) is 7.06. The number of hydrogen-bond donors (Lipinski definition) is 0. The normalized spacial score (nSPS) is 11.6. The van der Waals surface area contributed by atoms with Gasteiger partial charge >= 0.3 is 7.60 Å². The van der Waals surface area contributed by atoms with E-state index >= 15 is 0 Å². The molecule has 0 saturated carbocycles. The Morgan fingerprint density at radius 3 is 1.64 bits per heavy atom. The summed E-state index contributed by atoms with van der Waals surface area (Å²) in [5, 5.41) is 0. The van der Waals surface area contributed by atoms with Crippen molar-refractivity contribution in [2.45, 2.75) is 19.5 Å². The van der Waals surface area contributed by atoms with E-state index in [-0.39, 0.29) is 0 Å². The molecule has 0 unspecified atom stereocenters. The summed E-state index contributed by atoms with van der Waals surface area (Å²) in [6.45, 7) is 4.20. The molecule has 0 aliphatic heterocycles. The predicted octanol–water partition coefficient (Wildman–Crippen LogP) is 5.06. The highest BCUT2D eigenvalue weighted by Gasteiger charge is 2.38. The minimum atomic E-state index is -3.45. The van der Waals surface area contributed by atoms with Crippen molar-refractivity contribution in [1.29, 1.82) is 0 Å². The molecule has 2 aromatic rings. The van der Waals surface area contributed by atoms with Crippen LogP contribution in [-0.4, -0.2) is 27.4 Å². The van der Waals surface area contributed by atoms with E-state index in [0.717, 1.165) is 11.1 Å². The van der Waals surface area contributed by atoms with Gasteiger partial charge in [0, 0.05) is 0 Å². The van der Waals surface area contributed by atoms with Crippen molar-refractivity contribution in [2.24, 2.45) is 0 Å². The second-order valence-electron chi connectivity index (χ2n) is 5.33. The van der Waals surface area contributed by atoms with E-state index in [9.17, 15) is 4.57 Å². The first-order valence-corrected chi connectivity index (χ1v) is 9.85. The van der Waals surface area contributed by atoms with Crippen molar-refractivity contribution < 1.29 is 23.1 Å². The highest BCUT2D eigenvalue weighted by molar-refractivity contribution is 7.54. The molecule has 0 N–H and O–H groups in total. The molecule has 2 aromatic carbocycles. The molecular formula is C19H25O5P. The van der Waals surface area contributed by atoms with Gasteiger partial charge < -0.3 is 18.5 Å². The minimum Gasteiger partial charge on any atom is -0.497 e. The molecule has 2 rings (SSSR count). The average Bonchev–Trinajstić information content (AvgIpc) is 2.62. The maximum Gasteiger partial charge on any atom is 0.342 e. The summed E-state index contributed by atoms with van der Waals surface area (Å²) in [6.07, 6.45) is 0. The largest absolute Gasteiger partial charge is 0.497 e. The van der Waals surface area contributed by atoms with Gasteiger partial charge in [0.1, 0.15) is 17.2 Å². The fourth-order valence-electron chi connectivity index (χ4n) is 2.73. The van der Waals surface area contributed by atoms with Gasteiger partial charge in [-0.05, 0) is 49.2 Å². The molecular weight excluding hydrogens is 339 g/mol. The van der Waals surface area contributed by atoms with Gasteiger partial charge in [0.2, 0.25) is 0 Å². The highest BCUT2D eigenvalue weighted by Crippen LogP contribution is 2.63. The van der Waals surface area contributed by atoms with E-state index in [1.807, 2.05) is 48.5 Å². The molecule has 6 heteroatoms. The third-order valence-corrected chi connectivity index (χ3v) is 6.22. The predicted molar refractivity (Wildman–Crippen MR) is 98.7 cm³/mol. The number of hydrogen-bond acceptors (Lipinski definition) is 5. The van der Waals surface area contributed by atoms with Crippen LogP contribution < -0.4 is 9.47 Å². The third-order valence-electron chi connectivity index (χ3n) is 3.75. The lowest BCUT2D eigenvalue weighted by atomic mass is 10.0. The Balaban J connectivity index is 2.62. The van der Waals surface area contributed by atoms with Crippen molar-refractivity contribution in [3.05, 3.63) is 59.7 Å². The number of methoxy groups -OCH3 is 2. The van der Waals surface area contributed by atoms with E-state index in [1.165, 1.54) is 0 Å². The molecule has 25 heavy (non-hydrogen) atoms. The molecule has 0 aromatic heterocycles. The van der Waals surface area contributed by atoms with E-state index in [1.54, 1.807) is 28.1 Å². The van der Waals surface area contributed by atoms with Gasteiger partial charge in [0.15, 0.2) is 0 Å². The van der Waals surface area contributed by atoms with Crippen LogP contribution in [0.5, 0.6) is 11.5 Å². The van der Waals surface area contributed by atoms with Crippen LogP contribution in [-0.2, 0) is 13.6 Å². The Morgan fingerprint density at radius 2 is 1.28 bits per heavy atom. The first-order chi connectivity index (χ1) is 12.1. The SMILES string of the molecule is CCOP(=O)(OCC)C(c1cccc(OC)c1)c1cccc(OC)c1. The lowest BCUT2D eigenvalue weighted by molar-refractivity contribution is 0.215. The van der Waals surface area contributed by atoms with Gasteiger partial charge in [-0.25, -0.2) is 0 Å². The fraction of sp³-hybridized carbons (Fsp3) is 0.368. The maximum atomic E-state index is 13.6. The third kappa shape index (κ3) is 4.63. The van der Waals surface area contributed by atoms with Gasteiger partial charge in [-0.3, -0.25) is 4.57 Å². The molecule has 0 bridgehead atoms. The molecule has 0 spiro atoms. The molecule has 5 nitrogen and oxygen atoms in total. The zero-order chi connectivity index (χ0) is 18.3. The summed E-state index contributed by atoms with van der Waals surface area (Å²) < 4.78 is 35.5. The molecule has 0 saturated heterocycles. The number of rotatable bonds is 9. The molecule has 0 radical (unpaired) electrons. The smallest absolute Gasteiger partial charge is 0.342 e. The summed E-state index contributed by atoms with van der Waals surface area (Å²) in [4.78, 5) is 0. The lowest BCUT2D eigenvalue weighted by Crippen LogP contribution is -2.09. The van der Waals surface area contributed by atoms with Gasteiger partial charge in [-0.2, -0.15) is 0 Å². The molecule has 0 aliphatic carbocycles. The van der Waals surface area contributed by atoms with E-state index in [4.69, 9.17) is 18.5 Å². The van der Waals surface area contributed by atoms with E-state index < -0.39 is 13.3 Å². The average molecular weight is 364 g/mol. The summed E-state index contributed by atoms with van der Waals surface area (Å²) in [5.74, 6) is 1.37. The summed E-state index contributed by atoms with van der Waals surface area (Å²) in [6, 6.07) is 14.9.